The van der Waals surface area contributed by atoms with Gasteiger partial charge in [-0.2, -0.15) is 5.10 Å². The molecule has 1 aliphatic heterocycles. The molecule has 0 amide bonds. The molecule has 7 nitrogen and oxygen atoms in total. The minimum atomic E-state index is -0.994. The third kappa shape index (κ3) is 3.39. The van der Waals surface area contributed by atoms with Crippen molar-refractivity contribution in [1.82, 2.24) is 20.0 Å². The van der Waals surface area contributed by atoms with E-state index < -0.39 is 5.97 Å². The lowest BCUT2D eigenvalue weighted by Gasteiger charge is -2.37. The molecule has 0 bridgehead atoms. The quantitative estimate of drug-likeness (QED) is 0.782. The SMILES string of the molecule is CN1CCN(C)C(CNc2nnccc2C(=O)O)C1. The van der Waals surface area contributed by atoms with E-state index in [4.69, 9.17) is 5.11 Å². The lowest BCUT2D eigenvalue weighted by Crippen LogP contribution is -2.52. The first-order valence-electron chi connectivity index (χ1n) is 6.25. The summed E-state index contributed by atoms with van der Waals surface area (Å²) < 4.78 is 0. The molecule has 2 N–H and O–H groups in total. The molecule has 104 valence electrons. The highest BCUT2D eigenvalue weighted by atomic mass is 16.4. The summed E-state index contributed by atoms with van der Waals surface area (Å²) in [6.07, 6.45) is 1.38. The van der Waals surface area contributed by atoms with E-state index >= 15 is 0 Å². The monoisotopic (exact) mass is 265 g/mol. The maximum atomic E-state index is 11.1. The minimum Gasteiger partial charge on any atom is -0.478 e. The van der Waals surface area contributed by atoms with Crippen LogP contribution in [0.15, 0.2) is 12.3 Å². The Hall–Kier alpha value is -1.73. The number of carboxylic acid groups (broad SMARTS) is 1. The van der Waals surface area contributed by atoms with E-state index in [-0.39, 0.29) is 5.56 Å². The number of carboxylic acids is 1. The zero-order chi connectivity index (χ0) is 13.8. The van der Waals surface area contributed by atoms with Crippen LogP contribution in [-0.4, -0.2) is 77.4 Å². The van der Waals surface area contributed by atoms with Gasteiger partial charge < -0.3 is 15.3 Å². The van der Waals surface area contributed by atoms with E-state index in [1.54, 1.807) is 0 Å². The fourth-order valence-electron chi connectivity index (χ4n) is 2.17. The van der Waals surface area contributed by atoms with E-state index in [0.717, 1.165) is 19.6 Å². The third-order valence-electron chi connectivity index (χ3n) is 3.44. The summed E-state index contributed by atoms with van der Waals surface area (Å²) in [4.78, 5) is 15.6. The molecule has 1 unspecified atom stereocenters. The van der Waals surface area contributed by atoms with Crippen LogP contribution < -0.4 is 5.32 Å². The molecule has 0 spiro atoms. The zero-order valence-electron chi connectivity index (χ0n) is 11.2. The first-order valence-corrected chi connectivity index (χ1v) is 6.25. The number of nitrogens with one attached hydrogen (secondary N) is 1. The molecule has 1 aromatic heterocycles. The van der Waals surface area contributed by atoms with E-state index in [1.807, 2.05) is 0 Å². The number of hydrogen-bond donors (Lipinski definition) is 2. The van der Waals surface area contributed by atoms with Gasteiger partial charge in [-0.3, -0.25) is 4.90 Å². The molecule has 2 heterocycles. The van der Waals surface area contributed by atoms with Crippen molar-refractivity contribution in [3.8, 4) is 0 Å². The van der Waals surface area contributed by atoms with Crippen LogP contribution in [0.2, 0.25) is 0 Å². The minimum absolute atomic E-state index is 0.154. The number of anilines is 1. The van der Waals surface area contributed by atoms with Crippen molar-refractivity contribution in [2.45, 2.75) is 6.04 Å². The first kappa shape index (κ1) is 13.7. The number of nitrogens with zero attached hydrogens (tertiary/aromatic N) is 4. The van der Waals surface area contributed by atoms with Crippen LogP contribution in [0, 0.1) is 0 Å². The second-order valence-corrected chi connectivity index (χ2v) is 4.88. The summed E-state index contributed by atoms with van der Waals surface area (Å²) in [5.74, 6) is -0.664. The second-order valence-electron chi connectivity index (χ2n) is 4.88. The van der Waals surface area contributed by atoms with Crippen LogP contribution in [-0.2, 0) is 0 Å². The smallest absolute Gasteiger partial charge is 0.339 e. The fourth-order valence-corrected chi connectivity index (χ4v) is 2.17. The highest BCUT2D eigenvalue weighted by Crippen LogP contribution is 2.12. The number of piperazine rings is 1. The van der Waals surface area contributed by atoms with E-state index in [9.17, 15) is 4.79 Å². The number of aromatic carboxylic acids is 1. The normalized spacial score (nSPS) is 21.3. The highest BCUT2D eigenvalue weighted by Gasteiger charge is 2.22. The number of carbonyl (C=O) groups is 1. The Morgan fingerprint density at radius 1 is 1.53 bits per heavy atom. The van der Waals surface area contributed by atoms with E-state index in [2.05, 4.69) is 39.4 Å². The van der Waals surface area contributed by atoms with Gasteiger partial charge in [-0.15, -0.1) is 5.10 Å². The predicted octanol–water partition coefficient (Wildman–Crippen LogP) is -0.167. The summed E-state index contributed by atoms with van der Waals surface area (Å²) in [7, 11) is 4.17. The van der Waals surface area contributed by atoms with Gasteiger partial charge in [-0.25, -0.2) is 4.79 Å². The van der Waals surface area contributed by atoms with Crippen LogP contribution >= 0.6 is 0 Å². The molecule has 1 aromatic rings. The Morgan fingerprint density at radius 2 is 2.32 bits per heavy atom. The van der Waals surface area contributed by atoms with Gasteiger partial charge in [0, 0.05) is 32.2 Å². The molecule has 1 saturated heterocycles. The van der Waals surface area contributed by atoms with Gasteiger partial charge >= 0.3 is 5.97 Å². The van der Waals surface area contributed by atoms with Gasteiger partial charge in [0.1, 0.15) is 5.56 Å². The summed E-state index contributed by atoms with van der Waals surface area (Å²) in [6.45, 7) is 3.67. The average molecular weight is 265 g/mol. The lowest BCUT2D eigenvalue weighted by atomic mass is 10.2. The topological polar surface area (TPSA) is 81.6 Å². The highest BCUT2D eigenvalue weighted by molar-refractivity contribution is 5.92. The Morgan fingerprint density at radius 3 is 3.05 bits per heavy atom. The fraction of sp³-hybridized carbons (Fsp3) is 0.583. The molecule has 0 radical (unpaired) electrons. The molecule has 1 aliphatic rings. The Kier molecular flexibility index (Phi) is 4.28. The number of hydrogen-bond acceptors (Lipinski definition) is 6. The molecule has 19 heavy (non-hydrogen) atoms. The Balaban J connectivity index is 2.00. The van der Waals surface area contributed by atoms with Crippen molar-refractivity contribution in [2.24, 2.45) is 0 Å². The van der Waals surface area contributed by atoms with Gasteiger partial charge in [0.05, 0.1) is 6.20 Å². The third-order valence-corrected chi connectivity index (χ3v) is 3.44. The van der Waals surface area contributed by atoms with Crippen LogP contribution in [0.3, 0.4) is 0 Å². The molecule has 2 rings (SSSR count). The van der Waals surface area contributed by atoms with Crippen LogP contribution in [0.25, 0.3) is 0 Å². The molecule has 7 heteroatoms. The Labute approximate surface area is 112 Å². The molecule has 1 atom stereocenters. The van der Waals surface area contributed by atoms with Crippen molar-refractivity contribution < 1.29 is 9.90 Å². The van der Waals surface area contributed by atoms with Crippen molar-refractivity contribution in [3.63, 3.8) is 0 Å². The summed E-state index contributed by atoms with van der Waals surface area (Å²) in [6, 6.07) is 1.79. The largest absolute Gasteiger partial charge is 0.478 e. The van der Waals surface area contributed by atoms with Gasteiger partial charge in [-0.05, 0) is 20.2 Å². The molecule has 0 saturated carbocycles. The van der Waals surface area contributed by atoms with Crippen molar-refractivity contribution in [2.75, 3.05) is 45.6 Å². The molecule has 1 fully saturated rings. The van der Waals surface area contributed by atoms with E-state index in [1.165, 1.54) is 12.3 Å². The molecule has 0 aliphatic carbocycles. The maximum absolute atomic E-state index is 11.1. The zero-order valence-corrected chi connectivity index (χ0v) is 11.2. The standard InChI is InChI=1S/C12H19N5O2/c1-16-5-6-17(2)9(8-16)7-13-11-10(12(18)19)3-4-14-15-11/h3-4,9H,5-8H2,1-2H3,(H,13,15)(H,18,19). The van der Waals surface area contributed by atoms with Gasteiger partial charge in [0.2, 0.25) is 0 Å². The van der Waals surface area contributed by atoms with Crippen molar-refractivity contribution in [1.29, 1.82) is 0 Å². The van der Waals surface area contributed by atoms with Gasteiger partial charge in [0.15, 0.2) is 5.82 Å². The lowest BCUT2D eigenvalue weighted by molar-refractivity contribution is 0.0697. The maximum Gasteiger partial charge on any atom is 0.339 e. The number of rotatable bonds is 4. The number of likely N-dealkylation sites (N-methyl/N-ethyl adjacent to an activating group) is 2. The first-order chi connectivity index (χ1) is 9.08. The number of aromatic nitrogens is 2. The molecule has 0 aromatic carbocycles. The van der Waals surface area contributed by atoms with Crippen molar-refractivity contribution in [3.05, 3.63) is 17.8 Å². The van der Waals surface area contributed by atoms with Gasteiger partial charge in [0.25, 0.3) is 0 Å². The summed E-state index contributed by atoms with van der Waals surface area (Å²) >= 11 is 0. The molecular formula is C12H19N5O2. The Bertz CT molecular complexity index is 454. The second kappa shape index (κ2) is 5.94. The average Bonchev–Trinajstić information content (AvgIpc) is 2.40. The van der Waals surface area contributed by atoms with Crippen LogP contribution in [0.1, 0.15) is 10.4 Å². The summed E-state index contributed by atoms with van der Waals surface area (Å²) in [5.41, 5.74) is 0.154. The van der Waals surface area contributed by atoms with Gasteiger partial charge in [-0.1, -0.05) is 0 Å². The van der Waals surface area contributed by atoms with Crippen LogP contribution in [0.4, 0.5) is 5.82 Å². The van der Waals surface area contributed by atoms with Crippen molar-refractivity contribution >= 4 is 11.8 Å². The van der Waals surface area contributed by atoms with E-state index in [0.29, 0.717) is 18.4 Å². The predicted molar refractivity (Wildman–Crippen MR) is 71.4 cm³/mol. The van der Waals surface area contributed by atoms with Crippen LogP contribution in [0.5, 0.6) is 0 Å². The molecular weight excluding hydrogens is 246 g/mol. The summed E-state index contributed by atoms with van der Waals surface area (Å²) in [5, 5.41) is 19.7.